The molecular formula is C58H46N4O. The standard InChI is InChI=1S/C58H46N4O/c1-36-8-4-6-10-54(36)61(48-18-12-38(35-59)13-19-48)50-20-14-41-33-56-52(31-43(41)29-50)58(45-25-39-24-40(27-45)28-46(58)26-39)53-32-44-30-51(21-15-42(44)34-57(53)63-56)62(55-11-7-5-9-37(55)2)49-22-16-47(60-3)17-23-49/h4-23,29-34,39-40,45-46H,24-28H2,1-2H3. The Bertz CT molecular complexity index is 3000. The molecule has 0 radical (unpaired) electrons. The third-order valence-corrected chi connectivity index (χ3v) is 15.1. The minimum Gasteiger partial charge on any atom is -0.457 e. The Hall–Kier alpha value is -7.34. The van der Waals surface area contributed by atoms with Crippen molar-refractivity contribution in [1.29, 1.82) is 5.26 Å². The van der Waals surface area contributed by atoms with Crippen LogP contribution >= 0.6 is 0 Å². The molecule has 4 fully saturated rings. The average Bonchev–Trinajstić information content (AvgIpc) is 3.31. The van der Waals surface area contributed by atoms with Crippen LogP contribution < -0.4 is 14.5 Å². The molecule has 304 valence electrons. The first kappa shape index (κ1) is 37.4. The maximum Gasteiger partial charge on any atom is 0.187 e. The van der Waals surface area contributed by atoms with Crippen molar-refractivity contribution in [2.75, 3.05) is 9.80 Å². The Balaban J connectivity index is 1.04. The molecule has 1 aliphatic heterocycles. The van der Waals surface area contributed by atoms with Gasteiger partial charge in [-0.15, -0.1) is 0 Å². The predicted molar refractivity (Wildman–Crippen MR) is 256 cm³/mol. The number of aryl methyl sites for hydroxylation is 2. The lowest BCUT2D eigenvalue weighted by atomic mass is 9.41. The zero-order valence-electron chi connectivity index (χ0n) is 35.6. The van der Waals surface area contributed by atoms with Crippen LogP contribution in [-0.4, -0.2) is 0 Å². The first-order valence-corrected chi connectivity index (χ1v) is 22.4. The number of anilines is 6. The van der Waals surface area contributed by atoms with Crippen molar-refractivity contribution >= 4 is 61.4 Å². The van der Waals surface area contributed by atoms with Crippen LogP contribution in [0.3, 0.4) is 0 Å². The predicted octanol–water partition coefficient (Wildman–Crippen LogP) is 15.8. The maximum absolute atomic E-state index is 9.62. The summed E-state index contributed by atoms with van der Waals surface area (Å²) in [5.41, 5.74) is 12.6. The minimum absolute atomic E-state index is 0.154. The van der Waals surface area contributed by atoms with Gasteiger partial charge < -0.3 is 14.5 Å². The molecule has 1 spiro atoms. The molecule has 63 heavy (non-hydrogen) atoms. The molecule has 0 aromatic heterocycles. The molecule has 4 bridgehead atoms. The summed E-state index contributed by atoms with van der Waals surface area (Å²) in [5.74, 6) is 4.70. The second-order valence-corrected chi connectivity index (χ2v) is 18.6. The lowest BCUT2D eigenvalue weighted by Crippen LogP contribution is -2.57. The van der Waals surface area contributed by atoms with Gasteiger partial charge in [-0.25, -0.2) is 4.85 Å². The Morgan fingerprint density at radius 2 is 1.00 bits per heavy atom. The molecule has 13 rings (SSSR count). The highest BCUT2D eigenvalue weighted by molar-refractivity contribution is 5.95. The van der Waals surface area contributed by atoms with Crippen molar-refractivity contribution in [3.05, 3.63) is 197 Å². The summed E-state index contributed by atoms with van der Waals surface area (Å²) in [4.78, 5) is 8.33. The van der Waals surface area contributed by atoms with Crippen LogP contribution in [0.5, 0.6) is 11.5 Å². The molecule has 5 aliphatic rings. The fourth-order valence-corrected chi connectivity index (χ4v) is 12.5. The van der Waals surface area contributed by atoms with Crippen LogP contribution in [0.25, 0.3) is 26.4 Å². The second-order valence-electron chi connectivity index (χ2n) is 18.6. The number of fused-ring (bicyclic) bond motifs is 4. The number of benzene rings is 8. The van der Waals surface area contributed by atoms with E-state index in [2.05, 4.69) is 168 Å². The number of nitrogens with zero attached hydrogens (tertiary/aromatic N) is 4. The molecular weight excluding hydrogens is 769 g/mol. The van der Waals surface area contributed by atoms with E-state index in [1.807, 2.05) is 24.3 Å². The van der Waals surface area contributed by atoms with E-state index in [4.69, 9.17) is 11.3 Å². The first-order valence-electron chi connectivity index (χ1n) is 22.4. The molecule has 5 nitrogen and oxygen atoms in total. The summed E-state index contributed by atoms with van der Waals surface area (Å²) >= 11 is 0. The van der Waals surface area contributed by atoms with E-state index in [1.54, 1.807) is 0 Å². The number of nitriles is 1. The average molecular weight is 815 g/mol. The molecule has 1 heterocycles. The van der Waals surface area contributed by atoms with E-state index >= 15 is 0 Å². The Morgan fingerprint density at radius 3 is 1.46 bits per heavy atom. The summed E-state index contributed by atoms with van der Waals surface area (Å²) in [6, 6.07) is 58.5. The lowest BCUT2D eigenvalue weighted by molar-refractivity contribution is -0.0451. The van der Waals surface area contributed by atoms with Crippen LogP contribution in [-0.2, 0) is 5.41 Å². The largest absolute Gasteiger partial charge is 0.457 e. The number of hydrogen-bond donors (Lipinski definition) is 0. The lowest BCUT2D eigenvalue weighted by Gasteiger charge is -2.63. The van der Waals surface area contributed by atoms with Crippen molar-refractivity contribution in [3.8, 4) is 17.6 Å². The quantitative estimate of drug-likeness (QED) is 0.157. The second kappa shape index (κ2) is 14.4. The topological polar surface area (TPSA) is 43.9 Å². The minimum atomic E-state index is -0.154. The van der Waals surface area contributed by atoms with Gasteiger partial charge in [0, 0.05) is 50.7 Å². The fraction of sp³-hybridized carbons (Fsp3) is 0.207. The van der Waals surface area contributed by atoms with E-state index < -0.39 is 0 Å². The summed E-state index contributed by atoms with van der Waals surface area (Å²) in [6.07, 6.45) is 6.46. The summed E-state index contributed by atoms with van der Waals surface area (Å²) in [5, 5.41) is 14.4. The van der Waals surface area contributed by atoms with Crippen LogP contribution in [0.1, 0.15) is 59.9 Å². The molecule has 0 amide bonds. The Morgan fingerprint density at radius 1 is 0.540 bits per heavy atom. The van der Waals surface area contributed by atoms with E-state index in [0.29, 0.717) is 23.1 Å². The van der Waals surface area contributed by atoms with Gasteiger partial charge in [-0.3, -0.25) is 0 Å². The molecule has 0 unspecified atom stereocenters. The van der Waals surface area contributed by atoms with Gasteiger partial charge in [-0.1, -0.05) is 60.7 Å². The van der Waals surface area contributed by atoms with Gasteiger partial charge in [0.15, 0.2) is 5.69 Å². The van der Waals surface area contributed by atoms with Crippen LogP contribution in [0.4, 0.5) is 39.8 Å². The van der Waals surface area contributed by atoms with E-state index in [1.165, 1.54) is 65.1 Å². The SMILES string of the molecule is [C-]#[N+]c1ccc(N(c2ccc3cc4c(cc3c2)C2(c3cc5cc(N(c6ccc(C#N)cc6)c6ccccc6C)ccc5cc3O4)C3CC4CC(C3)CC2C4)c2ccccc2C)cc1. The Labute approximate surface area is 369 Å². The van der Waals surface area contributed by atoms with Gasteiger partial charge in [-0.2, -0.15) is 5.26 Å². The summed E-state index contributed by atoms with van der Waals surface area (Å²) in [6.45, 7) is 11.9. The zero-order valence-corrected chi connectivity index (χ0v) is 35.6. The zero-order chi connectivity index (χ0) is 42.4. The van der Waals surface area contributed by atoms with Crippen molar-refractivity contribution in [3.63, 3.8) is 0 Å². The fourth-order valence-electron chi connectivity index (χ4n) is 12.5. The highest BCUT2D eigenvalue weighted by Gasteiger charge is 2.61. The van der Waals surface area contributed by atoms with E-state index in [-0.39, 0.29) is 5.41 Å². The molecule has 8 aromatic carbocycles. The highest BCUT2D eigenvalue weighted by atomic mass is 16.5. The van der Waals surface area contributed by atoms with Gasteiger partial charge in [0.05, 0.1) is 18.2 Å². The molecule has 0 saturated heterocycles. The van der Waals surface area contributed by atoms with Crippen LogP contribution in [0.2, 0.25) is 0 Å². The first-order chi connectivity index (χ1) is 30.9. The number of rotatable bonds is 6. The monoisotopic (exact) mass is 814 g/mol. The molecule has 8 aromatic rings. The van der Waals surface area contributed by atoms with Crippen molar-refractivity contribution in [2.45, 2.75) is 51.4 Å². The molecule has 4 aliphatic carbocycles. The number of ether oxygens (including phenoxy) is 1. The third kappa shape index (κ3) is 5.87. The summed E-state index contributed by atoms with van der Waals surface area (Å²) < 4.78 is 7.16. The number of hydrogen-bond acceptors (Lipinski definition) is 4. The van der Waals surface area contributed by atoms with Crippen LogP contribution in [0.15, 0.2) is 158 Å². The van der Waals surface area contributed by atoms with Crippen molar-refractivity contribution in [1.82, 2.24) is 0 Å². The number of para-hydroxylation sites is 2. The molecule has 5 heteroatoms. The highest BCUT2D eigenvalue weighted by Crippen LogP contribution is 2.69. The van der Waals surface area contributed by atoms with Crippen molar-refractivity contribution in [2.24, 2.45) is 23.7 Å². The maximum atomic E-state index is 9.62. The van der Waals surface area contributed by atoms with Gasteiger partial charge >= 0.3 is 0 Å². The molecule has 4 saturated carbocycles. The van der Waals surface area contributed by atoms with E-state index in [9.17, 15) is 5.26 Å². The van der Waals surface area contributed by atoms with Crippen molar-refractivity contribution < 1.29 is 4.74 Å². The smallest absolute Gasteiger partial charge is 0.187 e. The van der Waals surface area contributed by atoms with E-state index in [0.717, 1.165) is 68.2 Å². The summed E-state index contributed by atoms with van der Waals surface area (Å²) in [7, 11) is 0. The molecule has 0 N–H and O–H groups in total. The van der Waals surface area contributed by atoms with Gasteiger partial charge in [0.25, 0.3) is 0 Å². The Kier molecular flexibility index (Phi) is 8.54. The van der Waals surface area contributed by atoms with Gasteiger partial charge in [0.2, 0.25) is 0 Å². The van der Waals surface area contributed by atoms with Gasteiger partial charge in [-0.05, 0) is 199 Å². The normalized spacial score (nSPS) is 21.3. The molecule has 0 atom stereocenters. The van der Waals surface area contributed by atoms with Crippen LogP contribution in [0, 0.1) is 55.4 Å². The van der Waals surface area contributed by atoms with Gasteiger partial charge in [0.1, 0.15) is 11.5 Å². The third-order valence-electron chi connectivity index (χ3n) is 15.1.